The van der Waals surface area contributed by atoms with Gasteiger partial charge in [-0.1, -0.05) is 6.07 Å². The topological polar surface area (TPSA) is 86.3 Å². The number of benzene rings is 3. The summed E-state index contributed by atoms with van der Waals surface area (Å²) < 4.78 is 60.7. The predicted molar refractivity (Wildman–Crippen MR) is 137 cm³/mol. The SMILES string of the molecule is COc1ccc([C@@H]2[C@@H](C(=O)Nc3ccc(C(F)(F)F)cc3)c3cc(OC)c(OC)cc3C(=O)N2C)cc1OC. The number of methoxy groups -OCH3 is 4. The van der Waals surface area contributed by atoms with Crippen molar-refractivity contribution in [3.63, 3.8) is 0 Å². The third-order valence-corrected chi connectivity index (χ3v) is 6.69. The Morgan fingerprint density at radius 3 is 1.95 bits per heavy atom. The van der Waals surface area contributed by atoms with E-state index in [-0.39, 0.29) is 17.2 Å². The highest BCUT2D eigenvalue weighted by molar-refractivity contribution is 6.05. The highest BCUT2D eigenvalue weighted by Crippen LogP contribution is 2.47. The minimum atomic E-state index is -4.51. The Hall–Kier alpha value is -4.41. The van der Waals surface area contributed by atoms with Gasteiger partial charge in [-0.15, -0.1) is 0 Å². The van der Waals surface area contributed by atoms with Crippen LogP contribution in [0.25, 0.3) is 0 Å². The van der Waals surface area contributed by atoms with Crippen LogP contribution in [-0.4, -0.2) is 52.2 Å². The van der Waals surface area contributed by atoms with E-state index in [1.807, 2.05) is 0 Å². The number of rotatable bonds is 7. The normalized spacial score (nSPS) is 16.8. The Morgan fingerprint density at radius 2 is 1.38 bits per heavy atom. The molecule has 0 saturated carbocycles. The number of fused-ring (bicyclic) bond motifs is 1. The molecule has 1 N–H and O–H groups in total. The first-order valence-electron chi connectivity index (χ1n) is 11.8. The summed E-state index contributed by atoms with van der Waals surface area (Å²) in [6.45, 7) is 0. The molecule has 0 aliphatic carbocycles. The number of anilines is 1. The summed E-state index contributed by atoms with van der Waals surface area (Å²) in [6.07, 6.45) is -4.51. The number of hydrogen-bond donors (Lipinski definition) is 1. The van der Waals surface area contributed by atoms with Crippen molar-refractivity contribution < 1.29 is 41.7 Å². The van der Waals surface area contributed by atoms with Crippen molar-refractivity contribution in [2.45, 2.75) is 18.1 Å². The summed E-state index contributed by atoms with van der Waals surface area (Å²) >= 11 is 0. The molecular formula is C28H27F3N2O6. The summed E-state index contributed by atoms with van der Waals surface area (Å²) in [5.74, 6) is -0.398. The molecule has 2 amide bonds. The zero-order valence-electron chi connectivity index (χ0n) is 21.9. The maximum Gasteiger partial charge on any atom is 0.416 e. The molecule has 8 nitrogen and oxygen atoms in total. The monoisotopic (exact) mass is 544 g/mol. The molecule has 11 heteroatoms. The Morgan fingerprint density at radius 1 is 0.821 bits per heavy atom. The van der Waals surface area contributed by atoms with Crippen LogP contribution in [0.3, 0.4) is 0 Å². The first-order valence-corrected chi connectivity index (χ1v) is 11.8. The zero-order chi connectivity index (χ0) is 28.5. The summed E-state index contributed by atoms with van der Waals surface area (Å²) in [7, 11) is 7.40. The summed E-state index contributed by atoms with van der Waals surface area (Å²) in [5.41, 5.74) is 0.519. The maximum atomic E-state index is 13.9. The lowest BCUT2D eigenvalue weighted by molar-refractivity contribution is -0.137. The minimum Gasteiger partial charge on any atom is -0.493 e. The van der Waals surface area contributed by atoms with Crippen molar-refractivity contribution >= 4 is 17.5 Å². The van der Waals surface area contributed by atoms with Gasteiger partial charge in [-0.2, -0.15) is 13.2 Å². The molecule has 1 aliphatic rings. The summed E-state index contributed by atoms with van der Waals surface area (Å²) in [5, 5.41) is 2.71. The number of hydrogen-bond acceptors (Lipinski definition) is 6. The maximum absolute atomic E-state index is 13.9. The van der Waals surface area contributed by atoms with Gasteiger partial charge in [0.25, 0.3) is 5.91 Å². The van der Waals surface area contributed by atoms with Gasteiger partial charge in [-0.3, -0.25) is 9.59 Å². The van der Waals surface area contributed by atoms with Gasteiger partial charge in [0.15, 0.2) is 23.0 Å². The van der Waals surface area contributed by atoms with Gasteiger partial charge in [-0.25, -0.2) is 0 Å². The number of alkyl halides is 3. The number of amides is 2. The number of carbonyl (C=O) groups excluding carboxylic acids is 2. The molecule has 2 atom stereocenters. The Balaban J connectivity index is 1.85. The fourth-order valence-corrected chi connectivity index (χ4v) is 4.75. The minimum absolute atomic E-state index is 0.167. The number of likely N-dealkylation sites (N-methyl/N-ethyl adjacent to an activating group) is 1. The van der Waals surface area contributed by atoms with Crippen LogP contribution in [-0.2, 0) is 11.0 Å². The lowest BCUT2D eigenvalue weighted by Crippen LogP contribution is -2.44. The Kier molecular flexibility index (Phi) is 7.62. The van der Waals surface area contributed by atoms with E-state index in [9.17, 15) is 22.8 Å². The highest BCUT2D eigenvalue weighted by atomic mass is 19.4. The first kappa shape index (κ1) is 27.6. The van der Waals surface area contributed by atoms with E-state index in [4.69, 9.17) is 18.9 Å². The van der Waals surface area contributed by atoms with Crippen LogP contribution in [0.5, 0.6) is 23.0 Å². The fourth-order valence-electron chi connectivity index (χ4n) is 4.75. The van der Waals surface area contributed by atoms with E-state index < -0.39 is 29.6 Å². The second-order valence-electron chi connectivity index (χ2n) is 8.81. The molecule has 0 unspecified atom stereocenters. The number of carbonyl (C=O) groups is 2. The molecule has 3 aromatic rings. The molecule has 0 spiro atoms. The van der Waals surface area contributed by atoms with E-state index in [1.165, 1.54) is 51.5 Å². The number of ether oxygens (including phenoxy) is 4. The molecule has 0 radical (unpaired) electrons. The molecule has 0 fully saturated rings. The van der Waals surface area contributed by atoms with Gasteiger partial charge in [0, 0.05) is 18.3 Å². The summed E-state index contributed by atoms with van der Waals surface area (Å²) in [4.78, 5) is 28.9. The standard InChI is InChI=1S/C28H27F3N2O6/c1-33-25(15-6-11-20(36-2)21(12-15)37-3)24(18-13-22(38-4)23(39-5)14-19(18)27(33)35)26(34)32-17-9-7-16(8-10-17)28(29,30)31/h6-14,24-25H,1-5H3,(H,32,34)/t24-,25+/m0/s1. The van der Waals surface area contributed by atoms with Crippen molar-refractivity contribution in [2.24, 2.45) is 0 Å². The molecule has 206 valence electrons. The van der Waals surface area contributed by atoms with Gasteiger partial charge in [0.05, 0.1) is 46.0 Å². The van der Waals surface area contributed by atoms with Crippen LogP contribution in [0.1, 0.15) is 39.0 Å². The van der Waals surface area contributed by atoms with Gasteiger partial charge < -0.3 is 29.2 Å². The van der Waals surface area contributed by atoms with E-state index in [0.717, 1.165) is 12.1 Å². The lowest BCUT2D eigenvalue weighted by Gasteiger charge is -2.40. The lowest BCUT2D eigenvalue weighted by atomic mass is 9.79. The quantitative estimate of drug-likeness (QED) is 0.435. The molecule has 3 aromatic carbocycles. The number of nitrogens with one attached hydrogen (secondary N) is 1. The van der Waals surface area contributed by atoms with Gasteiger partial charge >= 0.3 is 6.18 Å². The molecule has 1 heterocycles. The average Bonchev–Trinajstić information content (AvgIpc) is 2.93. The first-order chi connectivity index (χ1) is 18.5. The third kappa shape index (κ3) is 5.16. The van der Waals surface area contributed by atoms with Crippen LogP contribution in [0, 0.1) is 0 Å². The molecule has 39 heavy (non-hydrogen) atoms. The molecule has 0 bridgehead atoms. The van der Waals surface area contributed by atoms with E-state index >= 15 is 0 Å². The molecular weight excluding hydrogens is 517 g/mol. The molecule has 1 aliphatic heterocycles. The van der Waals surface area contributed by atoms with Crippen LogP contribution < -0.4 is 24.3 Å². The van der Waals surface area contributed by atoms with Crippen molar-refractivity contribution in [3.8, 4) is 23.0 Å². The third-order valence-electron chi connectivity index (χ3n) is 6.69. The van der Waals surface area contributed by atoms with Crippen LogP contribution in [0.2, 0.25) is 0 Å². The van der Waals surface area contributed by atoms with Crippen molar-refractivity contribution in [3.05, 3.63) is 76.9 Å². The Labute approximate surface area is 223 Å². The van der Waals surface area contributed by atoms with Crippen LogP contribution in [0.4, 0.5) is 18.9 Å². The van der Waals surface area contributed by atoms with Crippen molar-refractivity contribution in [2.75, 3.05) is 40.8 Å². The number of nitrogens with zero attached hydrogens (tertiary/aromatic N) is 1. The number of halogens is 3. The zero-order valence-corrected chi connectivity index (χ0v) is 21.9. The fraction of sp³-hybridized carbons (Fsp3) is 0.286. The van der Waals surface area contributed by atoms with Gasteiger partial charge in [0.1, 0.15) is 0 Å². The second kappa shape index (κ2) is 10.8. The van der Waals surface area contributed by atoms with E-state index in [0.29, 0.717) is 34.1 Å². The molecule has 4 rings (SSSR count). The van der Waals surface area contributed by atoms with Gasteiger partial charge in [-0.05, 0) is 59.7 Å². The summed E-state index contributed by atoms with van der Waals surface area (Å²) in [6, 6.07) is 11.5. The van der Waals surface area contributed by atoms with E-state index in [2.05, 4.69) is 5.32 Å². The Bertz CT molecular complexity index is 1390. The largest absolute Gasteiger partial charge is 0.493 e. The molecule has 0 aromatic heterocycles. The van der Waals surface area contributed by atoms with Crippen molar-refractivity contribution in [1.29, 1.82) is 0 Å². The average molecular weight is 545 g/mol. The smallest absolute Gasteiger partial charge is 0.416 e. The molecule has 0 saturated heterocycles. The predicted octanol–water partition coefficient (Wildman–Crippen LogP) is 5.29. The second-order valence-corrected chi connectivity index (χ2v) is 8.81. The highest BCUT2D eigenvalue weighted by Gasteiger charge is 2.44. The van der Waals surface area contributed by atoms with Crippen molar-refractivity contribution in [1.82, 2.24) is 4.90 Å². The van der Waals surface area contributed by atoms with Gasteiger partial charge in [0.2, 0.25) is 5.91 Å². The van der Waals surface area contributed by atoms with E-state index in [1.54, 1.807) is 31.3 Å². The van der Waals surface area contributed by atoms with Crippen LogP contribution >= 0.6 is 0 Å². The van der Waals surface area contributed by atoms with Crippen LogP contribution in [0.15, 0.2) is 54.6 Å².